The summed E-state index contributed by atoms with van der Waals surface area (Å²) < 4.78 is 32.3. The number of hydrogen-bond donors (Lipinski definition) is 0. The first-order valence-electron chi connectivity index (χ1n) is 9.04. The Labute approximate surface area is 168 Å². The molecule has 3 rings (SSSR count). The van der Waals surface area contributed by atoms with E-state index in [2.05, 4.69) is 0 Å². The van der Waals surface area contributed by atoms with Crippen molar-refractivity contribution in [3.05, 3.63) is 64.7 Å². The highest BCUT2D eigenvalue weighted by atomic mass is 32.2. The van der Waals surface area contributed by atoms with Crippen molar-refractivity contribution in [1.29, 1.82) is 0 Å². The molecule has 1 heterocycles. The second-order valence-electron chi connectivity index (χ2n) is 6.55. The largest absolute Gasteiger partial charge is 0.481 e. The molecule has 2 aromatic carbocycles. The quantitative estimate of drug-likeness (QED) is 0.522. The maximum atomic E-state index is 12.7. The number of ether oxygens (including phenoxy) is 1. The van der Waals surface area contributed by atoms with Crippen LogP contribution in [-0.4, -0.2) is 60.7 Å². The lowest BCUT2D eigenvalue weighted by Gasteiger charge is -2.35. The van der Waals surface area contributed by atoms with Crippen molar-refractivity contribution in [2.45, 2.75) is 17.9 Å². The van der Waals surface area contributed by atoms with Crippen LogP contribution in [-0.2, 0) is 14.8 Å². The summed E-state index contributed by atoms with van der Waals surface area (Å²) in [7, 11) is -3.58. The Hall–Kier alpha value is -2.98. The van der Waals surface area contributed by atoms with Gasteiger partial charge in [0.1, 0.15) is 5.75 Å². The molecule has 29 heavy (non-hydrogen) atoms. The number of sulfonamides is 1. The number of nitrogens with zero attached hydrogens (tertiary/aromatic N) is 3. The van der Waals surface area contributed by atoms with Crippen LogP contribution in [0.3, 0.4) is 0 Å². The van der Waals surface area contributed by atoms with Crippen LogP contribution < -0.4 is 4.74 Å². The Bertz CT molecular complexity index is 971. The zero-order valence-electron chi connectivity index (χ0n) is 15.8. The van der Waals surface area contributed by atoms with Gasteiger partial charge >= 0.3 is 0 Å². The molecule has 1 unspecified atom stereocenters. The van der Waals surface area contributed by atoms with E-state index in [1.165, 1.54) is 28.6 Å². The Balaban J connectivity index is 1.57. The van der Waals surface area contributed by atoms with E-state index in [0.717, 1.165) is 0 Å². The molecule has 9 nitrogen and oxygen atoms in total. The van der Waals surface area contributed by atoms with Crippen LogP contribution >= 0.6 is 0 Å². The minimum atomic E-state index is -3.58. The second kappa shape index (κ2) is 8.58. The highest BCUT2D eigenvalue weighted by Gasteiger charge is 2.31. The molecule has 1 fully saturated rings. The Kier molecular flexibility index (Phi) is 6.14. The molecule has 0 aromatic heterocycles. The molecule has 0 spiro atoms. The van der Waals surface area contributed by atoms with Crippen molar-refractivity contribution in [1.82, 2.24) is 9.21 Å². The van der Waals surface area contributed by atoms with Gasteiger partial charge in [-0.05, 0) is 31.2 Å². The fourth-order valence-electron chi connectivity index (χ4n) is 3.05. The highest BCUT2D eigenvalue weighted by molar-refractivity contribution is 7.89. The molecule has 1 atom stereocenters. The number of benzene rings is 2. The number of rotatable bonds is 6. The van der Waals surface area contributed by atoms with Crippen LogP contribution in [0.4, 0.5) is 5.69 Å². The zero-order valence-corrected chi connectivity index (χ0v) is 16.6. The molecule has 10 heteroatoms. The fraction of sp³-hybridized carbons (Fsp3) is 0.316. The van der Waals surface area contributed by atoms with Gasteiger partial charge in [-0.2, -0.15) is 4.31 Å². The summed E-state index contributed by atoms with van der Waals surface area (Å²) in [6.07, 6.45) is -0.797. The number of carbonyl (C=O) groups excluding carboxylic acids is 1. The first kappa shape index (κ1) is 20.7. The molecule has 0 radical (unpaired) electrons. The van der Waals surface area contributed by atoms with E-state index in [1.54, 1.807) is 42.2 Å². The monoisotopic (exact) mass is 419 g/mol. The van der Waals surface area contributed by atoms with Crippen molar-refractivity contribution in [2.24, 2.45) is 0 Å². The summed E-state index contributed by atoms with van der Waals surface area (Å²) in [6, 6.07) is 13.7. The lowest BCUT2D eigenvalue weighted by molar-refractivity contribution is -0.384. The van der Waals surface area contributed by atoms with E-state index in [4.69, 9.17) is 4.74 Å². The number of amides is 1. The van der Waals surface area contributed by atoms with Gasteiger partial charge in [-0.3, -0.25) is 14.9 Å². The molecule has 0 saturated carbocycles. The van der Waals surface area contributed by atoms with Crippen LogP contribution in [0.2, 0.25) is 0 Å². The lowest BCUT2D eigenvalue weighted by Crippen LogP contribution is -2.53. The van der Waals surface area contributed by atoms with Crippen molar-refractivity contribution >= 4 is 21.6 Å². The standard InChI is InChI=1S/C19H21N3O6S/c1-15(28-17-9-7-16(8-10-17)22(24)25)19(23)20-11-13-21(14-12-20)29(26,27)18-5-3-2-4-6-18/h2-10,15H,11-14H2,1H3. The third kappa shape index (κ3) is 4.72. The first-order chi connectivity index (χ1) is 13.8. The zero-order chi connectivity index (χ0) is 21.0. The van der Waals surface area contributed by atoms with E-state index < -0.39 is 21.1 Å². The van der Waals surface area contributed by atoms with Crippen LogP contribution in [0.15, 0.2) is 59.5 Å². The normalized spacial score (nSPS) is 16.2. The molecule has 1 aliphatic rings. The fourth-order valence-corrected chi connectivity index (χ4v) is 4.49. The molecule has 0 aliphatic carbocycles. The average molecular weight is 419 g/mol. The van der Waals surface area contributed by atoms with E-state index in [0.29, 0.717) is 5.75 Å². The smallest absolute Gasteiger partial charge is 0.269 e. The summed E-state index contributed by atoms with van der Waals surface area (Å²) in [6.45, 7) is 2.52. The van der Waals surface area contributed by atoms with E-state index >= 15 is 0 Å². The molecule has 1 saturated heterocycles. The van der Waals surface area contributed by atoms with Crippen molar-refractivity contribution < 1.29 is 22.9 Å². The van der Waals surface area contributed by atoms with Crippen molar-refractivity contribution in [2.75, 3.05) is 26.2 Å². The molecule has 154 valence electrons. The summed E-state index contributed by atoms with van der Waals surface area (Å²) in [5.41, 5.74) is -0.0629. The minimum Gasteiger partial charge on any atom is -0.481 e. The summed E-state index contributed by atoms with van der Waals surface area (Å²) in [5, 5.41) is 10.7. The molecular weight excluding hydrogens is 398 g/mol. The Morgan fingerprint density at radius 2 is 1.62 bits per heavy atom. The van der Waals surface area contributed by atoms with Gasteiger partial charge in [0.2, 0.25) is 10.0 Å². The van der Waals surface area contributed by atoms with Gasteiger partial charge in [-0.15, -0.1) is 0 Å². The van der Waals surface area contributed by atoms with Gasteiger partial charge in [0, 0.05) is 38.3 Å². The summed E-state index contributed by atoms with van der Waals surface area (Å²) in [4.78, 5) is 24.6. The lowest BCUT2D eigenvalue weighted by atomic mass is 10.2. The topological polar surface area (TPSA) is 110 Å². The number of piperazine rings is 1. The number of non-ortho nitro benzene ring substituents is 1. The van der Waals surface area contributed by atoms with Crippen LogP contribution in [0.5, 0.6) is 5.75 Å². The number of hydrogen-bond acceptors (Lipinski definition) is 6. The van der Waals surface area contributed by atoms with E-state index in [9.17, 15) is 23.3 Å². The molecule has 2 aromatic rings. The maximum Gasteiger partial charge on any atom is 0.269 e. The van der Waals surface area contributed by atoms with Crippen LogP contribution in [0.25, 0.3) is 0 Å². The molecule has 0 N–H and O–H groups in total. The Morgan fingerprint density at radius 1 is 1.03 bits per heavy atom. The molecular formula is C19H21N3O6S. The van der Waals surface area contributed by atoms with Gasteiger partial charge in [0.05, 0.1) is 9.82 Å². The molecule has 0 bridgehead atoms. The SMILES string of the molecule is CC(Oc1ccc([N+](=O)[O-])cc1)C(=O)N1CCN(S(=O)(=O)c2ccccc2)CC1. The third-order valence-electron chi connectivity index (χ3n) is 4.64. The van der Waals surface area contributed by atoms with Gasteiger partial charge in [-0.25, -0.2) is 8.42 Å². The third-order valence-corrected chi connectivity index (χ3v) is 6.55. The predicted molar refractivity (Wildman–Crippen MR) is 105 cm³/mol. The van der Waals surface area contributed by atoms with Crippen LogP contribution in [0, 0.1) is 10.1 Å². The van der Waals surface area contributed by atoms with Gasteiger partial charge < -0.3 is 9.64 Å². The molecule has 1 aliphatic heterocycles. The average Bonchev–Trinajstić information content (AvgIpc) is 2.74. The van der Waals surface area contributed by atoms with E-state index in [-0.39, 0.29) is 42.7 Å². The maximum absolute atomic E-state index is 12.7. The van der Waals surface area contributed by atoms with Gasteiger partial charge in [0.15, 0.2) is 6.10 Å². The second-order valence-corrected chi connectivity index (χ2v) is 8.49. The molecule has 1 amide bonds. The van der Waals surface area contributed by atoms with Crippen molar-refractivity contribution in [3.63, 3.8) is 0 Å². The predicted octanol–water partition coefficient (Wildman–Crippen LogP) is 1.90. The number of carbonyl (C=O) groups is 1. The number of nitro benzene ring substituents is 1. The van der Waals surface area contributed by atoms with Gasteiger partial charge in [-0.1, -0.05) is 18.2 Å². The first-order valence-corrected chi connectivity index (χ1v) is 10.5. The van der Waals surface area contributed by atoms with E-state index in [1.807, 2.05) is 0 Å². The Morgan fingerprint density at radius 3 is 2.17 bits per heavy atom. The number of nitro groups is 1. The minimum absolute atomic E-state index is 0.0629. The van der Waals surface area contributed by atoms with Crippen LogP contribution in [0.1, 0.15) is 6.92 Å². The summed E-state index contributed by atoms with van der Waals surface area (Å²) >= 11 is 0. The highest BCUT2D eigenvalue weighted by Crippen LogP contribution is 2.20. The van der Waals surface area contributed by atoms with Crippen molar-refractivity contribution in [3.8, 4) is 5.75 Å². The van der Waals surface area contributed by atoms with Gasteiger partial charge in [0.25, 0.3) is 11.6 Å². The summed E-state index contributed by atoms with van der Waals surface area (Å²) in [5.74, 6) is 0.0850.